The van der Waals surface area contributed by atoms with Crippen molar-refractivity contribution >= 4 is 0 Å². The highest BCUT2D eigenvalue weighted by atomic mass is 19.4. The molecule has 1 aromatic rings. The first-order valence-electron chi connectivity index (χ1n) is 5.76. The molecule has 0 aliphatic rings. The Kier molecular flexibility index (Phi) is 5.62. The van der Waals surface area contributed by atoms with Crippen molar-refractivity contribution < 1.29 is 23.0 Å². The second kappa shape index (κ2) is 6.75. The first-order chi connectivity index (χ1) is 8.43. The van der Waals surface area contributed by atoms with E-state index in [1.54, 1.807) is 13.2 Å². The summed E-state index contributed by atoms with van der Waals surface area (Å²) in [4.78, 5) is 0. The van der Waals surface area contributed by atoms with E-state index in [2.05, 4.69) is 0 Å². The summed E-state index contributed by atoms with van der Waals surface area (Å²) in [5.74, 6) is 0. The minimum Gasteiger partial charge on any atom is -0.393 e. The molecule has 1 N–H and O–H groups in total. The third-order valence-electron chi connectivity index (χ3n) is 2.61. The van der Waals surface area contributed by atoms with Gasteiger partial charge in [-0.1, -0.05) is 18.2 Å². The summed E-state index contributed by atoms with van der Waals surface area (Å²) in [5.41, 5.74) is -0.182. The van der Waals surface area contributed by atoms with Crippen LogP contribution in [0, 0.1) is 0 Å². The van der Waals surface area contributed by atoms with Gasteiger partial charge >= 0.3 is 6.18 Å². The normalized spacial score (nSPS) is 13.6. The smallest absolute Gasteiger partial charge is 0.393 e. The average Bonchev–Trinajstić information content (AvgIpc) is 2.28. The van der Waals surface area contributed by atoms with E-state index in [1.807, 2.05) is 0 Å². The van der Waals surface area contributed by atoms with E-state index in [0.717, 1.165) is 12.1 Å². The lowest BCUT2D eigenvalue weighted by molar-refractivity contribution is -0.137. The van der Waals surface area contributed by atoms with Crippen molar-refractivity contribution in [2.24, 2.45) is 0 Å². The molecular formula is C13H17F3O2. The van der Waals surface area contributed by atoms with Crippen LogP contribution in [0.25, 0.3) is 0 Å². The summed E-state index contributed by atoms with van der Waals surface area (Å²) in [7, 11) is 1.57. The van der Waals surface area contributed by atoms with Crippen LogP contribution in [0.1, 0.15) is 24.0 Å². The van der Waals surface area contributed by atoms with Crippen LogP contribution < -0.4 is 0 Å². The number of alkyl halides is 3. The quantitative estimate of drug-likeness (QED) is 0.798. The molecular weight excluding hydrogens is 245 g/mol. The fraction of sp³-hybridized carbons (Fsp3) is 0.538. The Hall–Kier alpha value is -1.07. The van der Waals surface area contributed by atoms with Crippen LogP contribution in [0.2, 0.25) is 0 Å². The molecule has 1 rings (SSSR count). The molecule has 2 nitrogen and oxygen atoms in total. The van der Waals surface area contributed by atoms with Crippen LogP contribution in [0.5, 0.6) is 0 Å². The van der Waals surface area contributed by atoms with Gasteiger partial charge < -0.3 is 9.84 Å². The molecule has 0 amide bonds. The Bertz CT molecular complexity index is 363. The van der Waals surface area contributed by atoms with Crippen LogP contribution in [0.3, 0.4) is 0 Å². The lowest BCUT2D eigenvalue weighted by Gasteiger charge is -2.12. The van der Waals surface area contributed by atoms with Crippen LogP contribution >= 0.6 is 0 Å². The number of methoxy groups -OCH3 is 1. The zero-order valence-corrected chi connectivity index (χ0v) is 10.2. The van der Waals surface area contributed by atoms with Gasteiger partial charge in [-0.3, -0.25) is 0 Å². The zero-order chi connectivity index (χ0) is 13.6. The Balaban J connectivity index is 2.57. The van der Waals surface area contributed by atoms with Gasteiger partial charge in [-0.2, -0.15) is 13.2 Å². The molecule has 0 bridgehead atoms. The van der Waals surface area contributed by atoms with Gasteiger partial charge in [0, 0.05) is 13.7 Å². The van der Waals surface area contributed by atoms with Crippen LogP contribution in [0.4, 0.5) is 13.2 Å². The highest BCUT2D eigenvalue weighted by Gasteiger charge is 2.30. The lowest BCUT2D eigenvalue weighted by atomic mass is 10.0. The summed E-state index contributed by atoms with van der Waals surface area (Å²) in [6.07, 6.45) is -3.53. The number of benzene rings is 1. The van der Waals surface area contributed by atoms with Crippen molar-refractivity contribution in [3.8, 4) is 0 Å². The molecule has 5 heteroatoms. The monoisotopic (exact) mass is 262 g/mol. The fourth-order valence-corrected chi connectivity index (χ4v) is 1.71. The molecule has 18 heavy (non-hydrogen) atoms. The van der Waals surface area contributed by atoms with Crippen molar-refractivity contribution in [3.63, 3.8) is 0 Å². The van der Waals surface area contributed by atoms with Crippen molar-refractivity contribution in [1.29, 1.82) is 0 Å². The summed E-state index contributed by atoms with van der Waals surface area (Å²) in [6, 6.07) is 5.06. The van der Waals surface area contributed by atoms with Crippen LogP contribution in [-0.2, 0) is 17.3 Å². The predicted molar refractivity (Wildman–Crippen MR) is 62.3 cm³/mol. The van der Waals surface area contributed by atoms with Gasteiger partial charge in [0.25, 0.3) is 0 Å². The third-order valence-corrected chi connectivity index (χ3v) is 2.61. The largest absolute Gasteiger partial charge is 0.416 e. The summed E-state index contributed by atoms with van der Waals surface area (Å²) >= 11 is 0. The standard InChI is InChI=1S/C13H17F3O2/c1-18-7-3-6-12(17)9-10-4-2-5-11(8-10)13(14,15)16/h2,4-5,8,12,17H,3,6-7,9H2,1H3. The molecule has 0 spiro atoms. The maximum absolute atomic E-state index is 12.5. The maximum Gasteiger partial charge on any atom is 0.416 e. The molecule has 1 unspecified atom stereocenters. The number of hydrogen-bond acceptors (Lipinski definition) is 2. The number of halogens is 3. The van der Waals surface area contributed by atoms with Crippen molar-refractivity contribution in [2.75, 3.05) is 13.7 Å². The third kappa shape index (κ3) is 5.06. The van der Waals surface area contributed by atoms with Gasteiger partial charge in [0.2, 0.25) is 0 Å². The Labute approximate surface area is 104 Å². The van der Waals surface area contributed by atoms with Gasteiger partial charge in [0.1, 0.15) is 0 Å². The lowest BCUT2D eigenvalue weighted by Crippen LogP contribution is -2.12. The van der Waals surface area contributed by atoms with Gasteiger partial charge in [0.15, 0.2) is 0 Å². The van der Waals surface area contributed by atoms with Gasteiger partial charge in [-0.15, -0.1) is 0 Å². The molecule has 0 fully saturated rings. The van der Waals surface area contributed by atoms with E-state index in [0.29, 0.717) is 25.0 Å². The average molecular weight is 262 g/mol. The Morgan fingerprint density at radius 3 is 2.67 bits per heavy atom. The van der Waals surface area contributed by atoms with E-state index in [9.17, 15) is 18.3 Å². The molecule has 0 heterocycles. The molecule has 1 atom stereocenters. The molecule has 102 valence electrons. The van der Waals surface area contributed by atoms with Crippen molar-refractivity contribution in [2.45, 2.75) is 31.5 Å². The minimum atomic E-state index is -4.34. The molecule has 1 aromatic carbocycles. The van der Waals surface area contributed by atoms with E-state index in [4.69, 9.17) is 4.74 Å². The van der Waals surface area contributed by atoms with Gasteiger partial charge in [0.05, 0.1) is 11.7 Å². The van der Waals surface area contributed by atoms with E-state index in [-0.39, 0.29) is 6.42 Å². The Morgan fingerprint density at radius 2 is 2.06 bits per heavy atom. The molecule has 0 saturated heterocycles. The highest BCUT2D eigenvalue weighted by molar-refractivity contribution is 5.26. The van der Waals surface area contributed by atoms with Crippen molar-refractivity contribution in [3.05, 3.63) is 35.4 Å². The topological polar surface area (TPSA) is 29.5 Å². The number of aliphatic hydroxyl groups is 1. The van der Waals surface area contributed by atoms with E-state index >= 15 is 0 Å². The molecule has 0 saturated carbocycles. The first-order valence-corrected chi connectivity index (χ1v) is 5.76. The van der Waals surface area contributed by atoms with Crippen LogP contribution in [0.15, 0.2) is 24.3 Å². The highest BCUT2D eigenvalue weighted by Crippen LogP contribution is 2.29. The van der Waals surface area contributed by atoms with E-state index < -0.39 is 17.8 Å². The number of ether oxygens (including phenoxy) is 1. The zero-order valence-electron chi connectivity index (χ0n) is 10.2. The summed E-state index contributed by atoms with van der Waals surface area (Å²) in [5, 5.41) is 9.69. The molecule has 0 aliphatic carbocycles. The molecule has 0 aliphatic heterocycles. The number of rotatable bonds is 6. The van der Waals surface area contributed by atoms with E-state index in [1.165, 1.54) is 6.07 Å². The fourth-order valence-electron chi connectivity index (χ4n) is 1.71. The number of aliphatic hydroxyl groups excluding tert-OH is 1. The maximum atomic E-state index is 12.5. The van der Waals surface area contributed by atoms with Crippen LogP contribution in [-0.4, -0.2) is 24.9 Å². The van der Waals surface area contributed by atoms with Gasteiger partial charge in [-0.25, -0.2) is 0 Å². The summed E-state index contributed by atoms with van der Waals surface area (Å²) < 4.78 is 42.3. The SMILES string of the molecule is COCCCC(O)Cc1cccc(C(F)(F)F)c1. The molecule has 0 radical (unpaired) electrons. The second-order valence-electron chi connectivity index (χ2n) is 4.19. The number of hydrogen-bond donors (Lipinski definition) is 1. The minimum absolute atomic E-state index is 0.230. The Morgan fingerprint density at radius 1 is 1.33 bits per heavy atom. The van der Waals surface area contributed by atoms with Crippen molar-refractivity contribution in [1.82, 2.24) is 0 Å². The summed E-state index contributed by atoms with van der Waals surface area (Å²) in [6.45, 7) is 0.541. The first kappa shape index (κ1) is 15.0. The predicted octanol–water partition coefficient (Wildman–Crippen LogP) is 3.04. The van der Waals surface area contributed by atoms with Gasteiger partial charge in [-0.05, 0) is 30.9 Å². The second-order valence-corrected chi connectivity index (χ2v) is 4.19. The molecule has 0 aromatic heterocycles.